The lowest BCUT2D eigenvalue weighted by Crippen LogP contribution is -2.40. The van der Waals surface area contributed by atoms with Crippen LogP contribution >= 0.6 is 24.0 Å². The van der Waals surface area contributed by atoms with Crippen molar-refractivity contribution < 1.29 is 13.2 Å². The Hall–Kier alpha value is -1.85. The van der Waals surface area contributed by atoms with Gasteiger partial charge in [0, 0.05) is 32.2 Å². The molecule has 0 spiro atoms. The molecule has 0 aromatic heterocycles. The van der Waals surface area contributed by atoms with Gasteiger partial charge >= 0.3 is 0 Å². The van der Waals surface area contributed by atoms with Crippen molar-refractivity contribution in [1.82, 2.24) is 15.4 Å². The van der Waals surface area contributed by atoms with Crippen molar-refractivity contribution >= 4 is 40.0 Å². The highest BCUT2D eigenvalue weighted by Crippen LogP contribution is 2.16. The van der Waals surface area contributed by atoms with Crippen LogP contribution in [-0.4, -0.2) is 40.8 Å². The van der Waals surface area contributed by atoms with Gasteiger partial charge in [-0.15, -0.1) is 24.0 Å². The van der Waals surface area contributed by atoms with Gasteiger partial charge < -0.3 is 15.4 Å². The van der Waals surface area contributed by atoms with E-state index in [4.69, 9.17) is 4.74 Å². The fraction of sp³-hybridized carbons (Fsp3) is 0.316. The van der Waals surface area contributed by atoms with Crippen LogP contribution in [0.3, 0.4) is 0 Å². The van der Waals surface area contributed by atoms with Gasteiger partial charge in [-0.2, -0.15) is 0 Å². The number of nitrogens with zero attached hydrogens (tertiary/aromatic N) is 1. The Kier molecular flexibility index (Phi) is 10.9. The molecule has 0 aliphatic carbocycles. The third kappa shape index (κ3) is 8.44. The lowest BCUT2D eigenvalue weighted by Gasteiger charge is -2.14. The summed E-state index contributed by atoms with van der Waals surface area (Å²) < 4.78 is 32.1. The molecule has 7 nitrogen and oxygen atoms in total. The molecule has 0 aliphatic rings. The smallest absolute Gasteiger partial charge is 0.213 e. The van der Waals surface area contributed by atoms with E-state index in [0.29, 0.717) is 12.5 Å². The van der Waals surface area contributed by atoms with E-state index in [1.54, 1.807) is 14.2 Å². The Morgan fingerprint density at radius 2 is 1.68 bits per heavy atom. The van der Waals surface area contributed by atoms with Crippen LogP contribution in [0.5, 0.6) is 5.75 Å². The Balaban J connectivity index is 0.00000392. The van der Waals surface area contributed by atoms with Crippen molar-refractivity contribution in [1.29, 1.82) is 0 Å². The lowest BCUT2D eigenvalue weighted by atomic mass is 10.2. The van der Waals surface area contributed by atoms with Crippen LogP contribution in [0.25, 0.3) is 0 Å². The summed E-state index contributed by atoms with van der Waals surface area (Å²) in [5, 5.41) is 6.16. The molecule has 2 aromatic rings. The van der Waals surface area contributed by atoms with E-state index in [0.717, 1.165) is 16.9 Å². The molecule has 0 bridgehead atoms. The van der Waals surface area contributed by atoms with Gasteiger partial charge in [0.2, 0.25) is 10.0 Å². The Morgan fingerprint density at radius 3 is 2.36 bits per heavy atom. The van der Waals surface area contributed by atoms with Gasteiger partial charge in [0.15, 0.2) is 5.96 Å². The van der Waals surface area contributed by atoms with Crippen LogP contribution in [0.4, 0.5) is 0 Å². The first-order valence-electron chi connectivity index (χ1n) is 8.62. The maximum absolute atomic E-state index is 12.1. The van der Waals surface area contributed by atoms with Gasteiger partial charge in [0.05, 0.1) is 12.9 Å². The van der Waals surface area contributed by atoms with Crippen LogP contribution in [0.2, 0.25) is 0 Å². The van der Waals surface area contributed by atoms with E-state index >= 15 is 0 Å². The number of para-hydroxylation sites is 1. The van der Waals surface area contributed by atoms with E-state index in [1.807, 2.05) is 54.6 Å². The number of sulfonamides is 1. The molecule has 0 saturated carbocycles. The van der Waals surface area contributed by atoms with Gasteiger partial charge in [-0.25, -0.2) is 13.1 Å². The molecule has 154 valence electrons. The molecule has 0 heterocycles. The molecule has 2 aromatic carbocycles. The second-order valence-electron chi connectivity index (χ2n) is 5.79. The minimum absolute atomic E-state index is 0. The third-order valence-electron chi connectivity index (χ3n) is 3.86. The maximum Gasteiger partial charge on any atom is 0.213 e. The molecular formula is C19H27IN4O3S. The second-order valence-corrected chi connectivity index (χ2v) is 7.72. The van der Waals surface area contributed by atoms with E-state index in [9.17, 15) is 8.42 Å². The number of halogens is 1. The van der Waals surface area contributed by atoms with Crippen LogP contribution in [0, 0.1) is 0 Å². The molecule has 0 amide bonds. The minimum atomic E-state index is -3.38. The predicted molar refractivity (Wildman–Crippen MR) is 124 cm³/mol. The zero-order valence-electron chi connectivity index (χ0n) is 16.0. The zero-order chi connectivity index (χ0) is 19.5. The molecule has 2 rings (SSSR count). The SMILES string of the molecule is CN=C(NCCS(=O)(=O)NCc1ccccc1)NCc1ccccc1OC.I. The number of methoxy groups -OCH3 is 1. The standard InChI is InChI=1S/C19H26N4O3S.HI/c1-20-19(22-15-17-10-6-7-11-18(17)26-2)21-12-13-27(24,25)23-14-16-8-4-3-5-9-16;/h3-11,23H,12-15H2,1-2H3,(H2,20,21,22);1H. The monoisotopic (exact) mass is 518 g/mol. The topological polar surface area (TPSA) is 91.8 Å². The zero-order valence-corrected chi connectivity index (χ0v) is 19.2. The highest BCUT2D eigenvalue weighted by atomic mass is 127. The molecule has 0 unspecified atom stereocenters. The quantitative estimate of drug-likeness (QED) is 0.269. The van der Waals surface area contributed by atoms with Crippen LogP contribution in [0.1, 0.15) is 11.1 Å². The Bertz CT molecular complexity index is 845. The van der Waals surface area contributed by atoms with Crippen molar-refractivity contribution in [3.05, 3.63) is 65.7 Å². The number of ether oxygens (including phenoxy) is 1. The summed E-state index contributed by atoms with van der Waals surface area (Å²) in [4.78, 5) is 4.11. The van der Waals surface area contributed by atoms with Crippen LogP contribution in [-0.2, 0) is 23.1 Å². The first-order chi connectivity index (χ1) is 13.0. The number of aliphatic imine (C=N–C) groups is 1. The summed E-state index contributed by atoms with van der Waals surface area (Å²) >= 11 is 0. The largest absolute Gasteiger partial charge is 0.496 e. The lowest BCUT2D eigenvalue weighted by molar-refractivity contribution is 0.409. The summed E-state index contributed by atoms with van der Waals surface area (Å²) in [6.07, 6.45) is 0. The summed E-state index contributed by atoms with van der Waals surface area (Å²) in [5.41, 5.74) is 1.91. The first kappa shape index (κ1) is 24.2. The number of hydrogen-bond acceptors (Lipinski definition) is 4. The van der Waals surface area contributed by atoms with Crippen LogP contribution < -0.4 is 20.1 Å². The van der Waals surface area contributed by atoms with Gasteiger partial charge in [0.1, 0.15) is 5.75 Å². The number of nitrogens with one attached hydrogen (secondary N) is 3. The molecule has 3 N–H and O–H groups in total. The normalized spacial score (nSPS) is 11.4. The number of benzene rings is 2. The van der Waals surface area contributed by atoms with E-state index in [1.165, 1.54) is 0 Å². The van der Waals surface area contributed by atoms with Gasteiger partial charge in [-0.3, -0.25) is 4.99 Å². The van der Waals surface area contributed by atoms with E-state index in [-0.39, 0.29) is 42.8 Å². The molecular weight excluding hydrogens is 491 g/mol. The van der Waals surface area contributed by atoms with Crippen molar-refractivity contribution in [2.75, 3.05) is 26.5 Å². The van der Waals surface area contributed by atoms with Gasteiger partial charge in [-0.1, -0.05) is 48.5 Å². The molecule has 0 aliphatic heterocycles. The van der Waals surface area contributed by atoms with Crippen molar-refractivity contribution in [3.8, 4) is 5.75 Å². The van der Waals surface area contributed by atoms with Crippen molar-refractivity contribution in [2.45, 2.75) is 13.1 Å². The molecule has 28 heavy (non-hydrogen) atoms. The fourth-order valence-corrected chi connectivity index (χ4v) is 3.32. The van der Waals surface area contributed by atoms with Gasteiger partial charge in [-0.05, 0) is 11.6 Å². The first-order valence-corrected chi connectivity index (χ1v) is 10.3. The van der Waals surface area contributed by atoms with E-state index < -0.39 is 10.0 Å². The number of guanidine groups is 1. The van der Waals surface area contributed by atoms with E-state index in [2.05, 4.69) is 20.3 Å². The Morgan fingerprint density at radius 1 is 1.00 bits per heavy atom. The predicted octanol–water partition coefficient (Wildman–Crippen LogP) is 2.10. The maximum atomic E-state index is 12.1. The van der Waals surface area contributed by atoms with Crippen molar-refractivity contribution in [3.63, 3.8) is 0 Å². The molecule has 9 heteroatoms. The second kappa shape index (κ2) is 12.6. The minimum Gasteiger partial charge on any atom is -0.496 e. The molecule has 0 saturated heterocycles. The Labute approximate surface area is 184 Å². The summed E-state index contributed by atoms with van der Waals surface area (Å²) in [5.74, 6) is 1.27. The van der Waals surface area contributed by atoms with Crippen LogP contribution in [0.15, 0.2) is 59.6 Å². The summed E-state index contributed by atoms with van der Waals surface area (Å²) in [7, 11) is -0.114. The molecule has 0 fully saturated rings. The fourth-order valence-electron chi connectivity index (χ4n) is 2.41. The third-order valence-corrected chi connectivity index (χ3v) is 5.19. The average molecular weight is 518 g/mol. The molecule has 0 atom stereocenters. The highest BCUT2D eigenvalue weighted by Gasteiger charge is 2.10. The number of hydrogen-bond donors (Lipinski definition) is 3. The highest BCUT2D eigenvalue weighted by molar-refractivity contribution is 14.0. The molecule has 0 radical (unpaired) electrons. The average Bonchev–Trinajstić information content (AvgIpc) is 2.70. The van der Waals surface area contributed by atoms with Crippen molar-refractivity contribution in [2.24, 2.45) is 4.99 Å². The summed E-state index contributed by atoms with van der Waals surface area (Å²) in [6.45, 7) is 1.04. The van der Waals surface area contributed by atoms with Gasteiger partial charge in [0.25, 0.3) is 0 Å². The summed E-state index contributed by atoms with van der Waals surface area (Å²) in [6, 6.07) is 17.1. The number of rotatable bonds is 9.